The van der Waals surface area contributed by atoms with E-state index in [1.165, 1.54) is 31.7 Å². The minimum Gasteiger partial charge on any atom is -0.487 e. The van der Waals surface area contributed by atoms with Gasteiger partial charge in [0.2, 0.25) is 11.5 Å². The van der Waals surface area contributed by atoms with Crippen molar-refractivity contribution in [1.82, 2.24) is 15.2 Å². The number of aliphatic hydroxyl groups excluding tert-OH is 1. The molecule has 2 atom stereocenters. The van der Waals surface area contributed by atoms with Crippen LogP contribution in [0.2, 0.25) is 0 Å². The van der Waals surface area contributed by atoms with Crippen molar-refractivity contribution >= 4 is 16.8 Å². The highest BCUT2D eigenvalue weighted by molar-refractivity contribution is 5.91. The number of carbonyl (C=O) groups excluding carboxylic acids is 1. The van der Waals surface area contributed by atoms with Crippen LogP contribution in [0.5, 0.6) is 5.75 Å². The zero-order chi connectivity index (χ0) is 36.9. The number of carbonyl (C=O) groups is 1. The number of benzene rings is 4. The zero-order valence-corrected chi connectivity index (χ0v) is 30.7. The Kier molecular flexibility index (Phi) is 13.5. The molecule has 0 bridgehead atoms. The zero-order valence-electron chi connectivity index (χ0n) is 30.7. The lowest BCUT2D eigenvalue weighted by Crippen LogP contribution is -2.49. The fourth-order valence-corrected chi connectivity index (χ4v) is 8.13. The van der Waals surface area contributed by atoms with Crippen LogP contribution >= 0.6 is 0 Å². The number of hydrogen-bond acceptors (Lipinski definition) is 6. The van der Waals surface area contributed by atoms with Crippen molar-refractivity contribution in [1.29, 1.82) is 0 Å². The number of fused-ring (bicyclic) bond motifs is 1. The van der Waals surface area contributed by atoms with Gasteiger partial charge in [-0.2, -0.15) is 0 Å². The lowest BCUT2D eigenvalue weighted by atomic mass is 9.64. The van der Waals surface area contributed by atoms with E-state index in [2.05, 4.69) is 39.5 Å². The van der Waals surface area contributed by atoms with Crippen molar-refractivity contribution in [2.45, 2.75) is 69.5 Å². The van der Waals surface area contributed by atoms with E-state index >= 15 is 0 Å². The van der Waals surface area contributed by atoms with E-state index < -0.39 is 11.5 Å². The van der Waals surface area contributed by atoms with E-state index in [-0.39, 0.29) is 17.4 Å². The van der Waals surface area contributed by atoms with Gasteiger partial charge in [-0.05, 0) is 79.2 Å². The van der Waals surface area contributed by atoms with E-state index in [0.29, 0.717) is 24.4 Å². The summed E-state index contributed by atoms with van der Waals surface area (Å²) in [5.41, 5.74) is 9.61. The SMILES string of the molecule is NC(=O)C(c1ccccc1)(c1ccccc1)[C@@H]1CCN(CCCCCCCCCNC[C@H](O)c2ccc(OCc3ccccc3)c3[nH]c(=O)ccc23)C1. The molecule has 0 aliphatic carbocycles. The highest BCUT2D eigenvalue weighted by Gasteiger charge is 2.49. The van der Waals surface area contributed by atoms with Gasteiger partial charge in [0.25, 0.3) is 0 Å². The first-order valence-corrected chi connectivity index (χ1v) is 19.3. The Bertz CT molecular complexity index is 1890. The topological polar surface area (TPSA) is 121 Å². The summed E-state index contributed by atoms with van der Waals surface area (Å²) in [5.74, 6) is 0.453. The molecule has 1 fully saturated rings. The first-order valence-electron chi connectivity index (χ1n) is 19.3. The third-order valence-corrected chi connectivity index (χ3v) is 10.9. The maximum Gasteiger partial charge on any atom is 0.248 e. The van der Waals surface area contributed by atoms with Gasteiger partial charge in [-0.1, -0.05) is 129 Å². The Morgan fingerprint density at radius 1 is 0.830 bits per heavy atom. The monoisotopic (exact) mass is 714 g/mol. The molecule has 0 unspecified atom stereocenters. The van der Waals surface area contributed by atoms with Crippen LogP contribution in [0.1, 0.15) is 79.7 Å². The van der Waals surface area contributed by atoms with E-state index in [0.717, 1.165) is 79.5 Å². The molecule has 8 nitrogen and oxygen atoms in total. The minimum atomic E-state index is -0.829. The average molecular weight is 715 g/mol. The average Bonchev–Trinajstić information content (AvgIpc) is 3.66. The number of amides is 1. The molecule has 1 amide bonds. The predicted molar refractivity (Wildman–Crippen MR) is 213 cm³/mol. The Morgan fingerprint density at radius 3 is 2.11 bits per heavy atom. The number of ether oxygens (including phenoxy) is 1. The number of pyridine rings is 1. The Hall–Kier alpha value is -4.76. The first-order chi connectivity index (χ1) is 26.0. The fraction of sp³-hybridized carbons (Fsp3) is 0.378. The van der Waals surface area contributed by atoms with Crippen molar-refractivity contribution in [3.05, 3.63) is 148 Å². The van der Waals surface area contributed by atoms with E-state index in [1.54, 1.807) is 6.07 Å². The van der Waals surface area contributed by atoms with Crippen molar-refractivity contribution < 1.29 is 14.6 Å². The summed E-state index contributed by atoms with van der Waals surface area (Å²) in [6, 6.07) is 37.1. The van der Waals surface area contributed by atoms with Gasteiger partial charge in [-0.3, -0.25) is 9.59 Å². The van der Waals surface area contributed by atoms with Gasteiger partial charge in [0.05, 0.1) is 11.6 Å². The molecular weight excluding hydrogens is 661 g/mol. The molecule has 8 heteroatoms. The van der Waals surface area contributed by atoms with Crippen molar-refractivity contribution in [2.24, 2.45) is 11.7 Å². The molecule has 0 saturated carbocycles. The number of hydrogen-bond donors (Lipinski definition) is 4. The van der Waals surface area contributed by atoms with Gasteiger partial charge in [0, 0.05) is 24.5 Å². The third kappa shape index (κ3) is 9.43. The second-order valence-corrected chi connectivity index (χ2v) is 14.4. The molecule has 5 N–H and O–H groups in total. The Morgan fingerprint density at radius 2 is 1.45 bits per heavy atom. The number of aromatic nitrogens is 1. The molecule has 53 heavy (non-hydrogen) atoms. The summed E-state index contributed by atoms with van der Waals surface area (Å²) >= 11 is 0. The van der Waals surface area contributed by atoms with Crippen molar-refractivity contribution in [3.8, 4) is 5.75 Å². The number of nitrogens with zero attached hydrogens (tertiary/aromatic N) is 1. The highest BCUT2D eigenvalue weighted by Crippen LogP contribution is 2.43. The van der Waals surface area contributed by atoms with Gasteiger partial charge in [-0.15, -0.1) is 0 Å². The van der Waals surface area contributed by atoms with E-state index in [4.69, 9.17) is 10.5 Å². The molecule has 4 aromatic carbocycles. The number of H-pyrrole nitrogens is 1. The van der Waals surface area contributed by atoms with Gasteiger partial charge in [-0.25, -0.2) is 0 Å². The molecule has 0 spiro atoms. The molecule has 5 aromatic rings. The summed E-state index contributed by atoms with van der Waals surface area (Å²) in [4.78, 5) is 30.9. The van der Waals surface area contributed by atoms with Crippen LogP contribution in [-0.2, 0) is 16.8 Å². The first kappa shape index (κ1) is 38.0. The number of unbranched alkanes of at least 4 members (excludes halogenated alkanes) is 6. The van der Waals surface area contributed by atoms with Gasteiger partial charge < -0.3 is 30.8 Å². The quantitative estimate of drug-likeness (QED) is 0.0631. The standard InChI is InChI=1S/C45H54N4O4/c46-44(52)45(35-19-11-7-12-20-35,36-21-13-8-14-22-36)37-27-30-49(32-37)29-16-5-3-1-2-4-15-28-47-31-40(50)38-23-25-41(43-39(38)24-26-42(51)48-43)53-33-34-17-9-6-10-18-34/h6-14,17-26,37,40,47,50H,1-5,15-16,27-33H2,(H2,46,52)(H,48,51)/t37-,40+/m1/s1. The molecule has 1 aliphatic heterocycles. The lowest BCUT2D eigenvalue weighted by molar-refractivity contribution is -0.123. The second-order valence-electron chi connectivity index (χ2n) is 14.4. The number of aromatic amines is 1. The van der Waals surface area contributed by atoms with Crippen LogP contribution in [-0.4, -0.2) is 53.6 Å². The lowest BCUT2D eigenvalue weighted by Gasteiger charge is -2.37. The summed E-state index contributed by atoms with van der Waals surface area (Å²) in [6.07, 6.45) is 8.48. The van der Waals surface area contributed by atoms with Crippen molar-refractivity contribution in [2.75, 3.05) is 32.7 Å². The van der Waals surface area contributed by atoms with Gasteiger partial charge in [0.15, 0.2) is 0 Å². The molecule has 1 aliphatic rings. The normalized spacial score (nSPS) is 15.5. The summed E-state index contributed by atoms with van der Waals surface area (Å²) < 4.78 is 6.05. The number of rotatable bonds is 20. The number of primary amides is 1. The number of nitrogens with two attached hydrogens (primary N) is 1. The smallest absolute Gasteiger partial charge is 0.248 e. The largest absolute Gasteiger partial charge is 0.487 e. The van der Waals surface area contributed by atoms with E-state index in [9.17, 15) is 14.7 Å². The molecule has 2 heterocycles. The van der Waals surface area contributed by atoms with Gasteiger partial charge >= 0.3 is 0 Å². The van der Waals surface area contributed by atoms with Crippen LogP contribution < -0.4 is 21.3 Å². The predicted octanol–water partition coefficient (Wildman–Crippen LogP) is 7.25. The molecule has 6 rings (SSSR count). The number of aliphatic hydroxyl groups is 1. The minimum absolute atomic E-state index is 0.134. The highest BCUT2D eigenvalue weighted by atomic mass is 16.5. The van der Waals surface area contributed by atoms with Crippen LogP contribution in [0.25, 0.3) is 10.9 Å². The third-order valence-electron chi connectivity index (χ3n) is 10.9. The Balaban J connectivity index is 0.877. The summed E-state index contributed by atoms with van der Waals surface area (Å²) in [5, 5.41) is 15.3. The van der Waals surface area contributed by atoms with Crippen molar-refractivity contribution in [3.63, 3.8) is 0 Å². The maximum atomic E-state index is 13.3. The number of likely N-dealkylation sites (tertiary alicyclic amines) is 1. The molecule has 1 aromatic heterocycles. The van der Waals surface area contributed by atoms with Crippen LogP contribution in [0.4, 0.5) is 0 Å². The van der Waals surface area contributed by atoms with E-state index in [1.807, 2.05) is 78.9 Å². The number of nitrogens with one attached hydrogen (secondary N) is 2. The summed E-state index contributed by atoms with van der Waals surface area (Å²) in [6.45, 7) is 4.59. The molecule has 278 valence electrons. The Labute approximate surface area is 313 Å². The van der Waals surface area contributed by atoms with Gasteiger partial charge in [0.1, 0.15) is 17.8 Å². The maximum absolute atomic E-state index is 13.3. The molecular formula is C45H54N4O4. The fourth-order valence-electron chi connectivity index (χ4n) is 8.13. The van der Waals surface area contributed by atoms with Crippen LogP contribution in [0.15, 0.2) is 120 Å². The van der Waals surface area contributed by atoms with Crippen LogP contribution in [0, 0.1) is 5.92 Å². The second kappa shape index (κ2) is 18.8. The molecule has 1 saturated heterocycles. The molecule has 0 radical (unpaired) electrons. The summed E-state index contributed by atoms with van der Waals surface area (Å²) in [7, 11) is 0. The van der Waals surface area contributed by atoms with Crippen LogP contribution in [0.3, 0.4) is 0 Å².